The van der Waals surface area contributed by atoms with E-state index in [0.717, 1.165) is 70.5 Å². The number of amides is 1. The topological polar surface area (TPSA) is 96.1 Å². The number of halogens is 3. The molecule has 1 aliphatic rings. The van der Waals surface area contributed by atoms with Crippen LogP contribution in [0, 0.1) is 6.92 Å². The molecule has 1 aliphatic heterocycles. The molecule has 0 unspecified atom stereocenters. The van der Waals surface area contributed by atoms with Crippen molar-refractivity contribution >= 4 is 33.7 Å². The summed E-state index contributed by atoms with van der Waals surface area (Å²) in [6.45, 7) is 3.19. The van der Waals surface area contributed by atoms with E-state index in [1.165, 1.54) is 5.56 Å². The molecule has 1 N–H and O–H groups in total. The van der Waals surface area contributed by atoms with E-state index < -0.39 is 25.3 Å². The molecule has 0 aliphatic carbocycles. The third kappa shape index (κ3) is 6.19. The molecule has 1 fully saturated rings. The van der Waals surface area contributed by atoms with E-state index in [9.17, 15) is 18.0 Å². The molecule has 4 heterocycles. The Morgan fingerprint density at radius 2 is 1.93 bits per heavy atom. The number of anilines is 1. The van der Waals surface area contributed by atoms with E-state index in [4.69, 9.17) is 14.5 Å². The van der Waals surface area contributed by atoms with Crippen molar-refractivity contribution in [1.29, 1.82) is 0 Å². The number of ether oxygens (including phenoxy) is 2. The standard InChI is InChI=1S/C31H31F3N6O3/c1-19-29(39(2)38-37-19)23-15-27-28(35-17-23)25-7-6-24(36-30(41)43-13-10-31(32,33)34)16-26(25)40(27)18-20-4-3-5-22(14-20)21-8-11-42-12-9-21/h3-7,14-17,21H,8-13,18H2,1-2H3,(H,36,41). The van der Waals surface area contributed by atoms with Crippen LogP contribution in [0.2, 0.25) is 0 Å². The number of alkyl halides is 3. The number of nitrogens with one attached hydrogen (secondary N) is 1. The lowest BCUT2D eigenvalue weighted by Gasteiger charge is -2.23. The summed E-state index contributed by atoms with van der Waals surface area (Å²) in [7, 11) is 1.84. The van der Waals surface area contributed by atoms with Crippen LogP contribution in [0.15, 0.2) is 54.7 Å². The van der Waals surface area contributed by atoms with Crippen LogP contribution in [-0.2, 0) is 23.1 Å². The van der Waals surface area contributed by atoms with Crippen molar-refractivity contribution < 1.29 is 27.4 Å². The predicted octanol–water partition coefficient (Wildman–Crippen LogP) is 6.74. The molecule has 43 heavy (non-hydrogen) atoms. The number of pyridine rings is 1. The molecular weight excluding hydrogens is 561 g/mol. The van der Waals surface area contributed by atoms with Crippen LogP contribution < -0.4 is 5.32 Å². The number of hydrogen-bond acceptors (Lipinski definition) is 6. The van der Waals surface area contributed by atoms with E-state index in [1.807, 2.05) is 20.0 Å². The molecule has 6 rings (SSSR count). The second kappa shape index (κ2) is 11.7. The molecule has 0 bridgehead atoms. The van der Waals surface area contributed by atoms with Gasteiger partial charge in [-0.15, -0.1) is 5.10 Å². The van der Waals surface area contributed by atoms with Crippen molar-refractivity contribution in [1.82, 2.24) is 24.5 Å². The molecule has 5 aromatic rings. The number of fused-ring (bicyclic) bond motifs is 3. The lowest BCUT2D eigenvalue weighted by molar-refractivity contribution is -0.140. The van der Waals surface area contributed by atoms with Gasteiger partial charge in [-0.25, -0.2) is 9.48 Å². The summed E-state index contributed by atoms with van der Waals surface area (Å²) in [5, 5.41) is 11.8. The minimum Gasteiger partial charge on any atom is -0.449 e. The highest BCUT2D eigenvalue weighted by Gasteiger charge is 2.27. The first-order valence-electron chi connectivity index (χ1n) is 14.1. The Labute approximate surface area is 245 Å². The molecule has 0 saturated carbocycles. The molecule has 2 aromatic carbocycles. The summed E-state index contributed by atoms with van der Waals surface area (Å²) < 4.78 is 51.6. The van der Waals surface area contributed by atoms with Gasteiger partial charge in [0.2, 0.25) is 0 Å². The van der Waals surface area contributed by atoms with Crippen LogP contribution in [0.4, 0.5) is 23.7 Å². The predicted molar refractivity (Wildman–Crippen MR) is 156 cm³/mol. The summed E-state index contributed by atoms with van der Waals surface area (Å²) in [5.41, 5.74) is 7.77. The van der Waals surface area contributed by atoms with Gasteiger partial charge >= 0.3 is 12.3 Å². The van der Waals surface area contributed by atoms with Crippen LogP contribution >= 0.6 is 0 Å². The Morgan fingerprint density at radius 1 is 1.12 bits per heavy atom. The van der Waals surface area contributed by atoms with Crippen LogP contribution in [0.3, 0.4) is 0 Å². The molecule has 3 aromatic heterocycles. The van der Waals surface area contributed by atoms with E-state index in [1.54, 1.807) is 23.0 Å². The second-order valence-electron chi connectivity index (χ2n) is 10.8. The van der Waals surface area contributed by atoms with Crippen LogP contribution in [0.25, 0.3) is 33.2 Å². The average molecular weight is 593 g/mol. The first-order valence-corrected chi connectivity index (χ1v) is 14.1. The number of carbonyl (C=O) groups is 1. The normalized spacial score (nSPS) is 14.4. The average Bonchev–Trinajstić information content (AvgIpc) is 3.48. The van der Waals surface area contributed by atoms with Gasteiger partial charge in [0.15, 0.2) is 0 Å². The Kier molecular flexibility index (Phi) is 7.78. The fourth-order valence-electron chi connectivity index (χ4n) is 5.76. The molecule has 9 nitrogen and oxygen atoms in total. The summed E-state index contributed by atoms with van der Waals surface area (Å²) in [6, 6.07) is 16.0. The van der Waals surface area contributed by atoms with Crippen LogP contribution in [0.1, 0.15) is 42.0 Å². The Balaban J connectivity index is 1.40. The van der Waals surface area contributed by atoms with Crippen LogP contribution in [0.5, 0.6) is 0 Å². The van der Waals surface area contributed by atoms with E-state index >= 15 is 0 Å². The molecule has 1 amide bonds. The lowest BCUT2D eigenvalue weighted by atomic mass is 9.91. The van der Waals surface area contributed by atoms with Crippen molar-refractivity contribution in [3.8, 4) is 11.3 Å². The van der Waals surface area contributed by atoms with Crippen molar-refractivity contribution in [3.63, 3.8) is 0 Å². The van der Waals surface area contributed by atoms with Gasteiger partial charge in [0.25, 0.3) is 0 Å². The zero-order valence-electron chi connectivity index (χ0n) is 23.8. The second-order valence-corrected chi connectivity index (χ2v) is 10.8. The molecule has 0 spiro atoms. The quantitative estimate of drug-likeness (QED) is 0.225. The Bertz CT molecular complexity index is 1770. The van der Waals surface area contributed by atoms with Gasteiger partial charge in [-0.1, -0.05) is 29.5 Å². The summed E-state index contributed by atoms with van der Waals surface area (Å²) in [6.07, 6.45) is -2.79. The first-order chi connectivity index (χ1) is 20.7. The minimum absolute atomic E-state index is 0.399. The highest BCUT2D eigenvalue weighted by atomic mass is 19.4. The minimum atomic E-state index is -4.40. The van der Waals surface area contributed by atoms with Crippen molar-refractivity contribution in [2.45, 2.75) is 44.8 Å². The molecule has 1 saturated heterocycles. The van der Waals surface area contributed by atoms with Gasteiger partial charge in [0.1, 0.15) is 6.61 Å². The number of nitrogens with zero attached hydrogens (tertiary/aromatic N) is 5. The Hall–Kier alpha value is -4.45. The van der Waals surface area contributed by atoms with Gasteiger partial charge in [0, 0.05) is 49.6 Å². The zero-order valence-corrected chi connectivity index (χ0v) is 23.8. The highest BCUT2D eigenvalue weighted by molar-refractivity contribution is 6.08. The number of rotatable bonds is 7. The van der Waals surface area contributed by atoms with Crippen molar-refractivity contribution in [2.75, 3.05) is 25.1 Å². The smallest absolute Gasteiger partial charge is 0.411 e. The van der Waals surface area contributed by atoms with Gasteiger partial charge in [0.05, 0.1) is 34.4 Å². The van der Waals surface area contributed by atoms with Crippen molar-refractivity contribution in [2.24, 2.45) is 7.05 Å². The molecule has 0 atom stereocenters. The van der Waals surface area contributed by atoms with Gasteiger partial charge < -0.3 is 14.0 Å². The third-order valence-electron chi connectivity index (χ3n) is 7.82. The summed E-state index contributed by atoms with van der Waals surface area (Å²) >= 11 is 0. The number of aromatic nitrogens is 5. The molecule has 12 heteroatoms. The van der Waals surface area contributed by atoms with Gasteiger partial charge in [-0.05, 0) is 61.1 Å². The van der Waals surface area contributed by atoms with Gasteiger partial charge in [-0.3, -0.25) is 10.3 Å². The summed E-state index contributed by atoms with van der Waals surface area (Å²) in [5.74, 6) is 0.444. The SMILES string of the molecule is Cc1nnn(C)c1-c1cnc2c3ccc(NC(=O)OCCC(F)(F)F)cc3n(Cc3cccc(C4CCOCC4)c3)c2c1. The summed E-state index contributed by atoms with van der Waals surface area (Å²) in [4.78, 5) is 17.1. The van der Waals surface area contributed by atoms with E-state index in [2.05, 4.69) is 50.5 Å². The lowest BCUT2D eigenvalue weighted by Crippen LogP contribution is -2.18. The maximum atomic E-state index is 12.5. The van der Waals surface area contributed by atoms with Crippen LogP contribution in [-0.4, -0.2) is 56.6 Å². The fourth-order valence-corrected chi connectivity index (χ4v) is 5.76. The molecule has 0 radical (unpaired) electrons. The van der Waals surface area contributed by atoms with E-state index in [-0.39, 0.29) is 0 Å². The maximum absolute atomic E-state index is 12.5. The number of aryl methyl sites for hydroxylation is 2. The molecule has 224 valence electrons. The monoisotopic (exact) mass is 592 g/mol. The third-order valence-corrected chi connectivity index (χ3v) is 7.82. The zero-order chi connectivity index (χ0) is 30.1. The van der Waals surface area contributed by atoms with E-state index in [0.29, 0.717) is 18.2 Å². The Morgan fingerprint density at radius 3 is 2.67 bits per heavy atom. The largest absolute Gasteiger partial charge is 0.449 e. The molecular formula is C31H31F3N6O3. The van der Waals surface area contributed by atoms with Crippen molar-refractivity contribution in [3.05, 3.63) is 71.5 Å². The number of hydrogen-bond donors (Lipinski definition) is 1. The van der Waals surface area contributed by atoms with Gasteiger partial charge in [-0.2, -0.15) is 13.2 Å². The highest BCUT2D eigenvalue weighted by Crippen LogP contribution is 2.34. The number of carbonyl (C=O) groups excluding carboxylic acids is 1. The first kappa shape index (κ1) is 28.7. The number of benzene rings is 2. The maximum Gasteiger partial charge on any atom is 0.411 e. The fraction of sp³-hybridized carbons (Fsp3) is 0.355.